The van der Waals surface area contributed by atoms with Gasteiger partial charge in [0.1, 0.15) is 0 Å². The Bertz CT molecular complexity index is 956. The van der Waals surface area contributed by atoms with E-state index in [2.05, 4.69) is 4.99 Å². The van der Waals surface area contributed by atoms with Crippen LogP contribution in [0.5, 0.6) is 0 Å². The van der Waals surface area contributed by atoms with Crippen LogP contribution < -0.4 is 4.90 Å². The van der Waals surface area contributed by atoms with E-state index in [1.54, 1.807) is 6.92 Å². The van der Waals surface area contributed by atoms with Crippen molar-refractivity contribution in [2.75, 3.05) is 16.4 Å². The minimum absolute atomic E-state index is 0.00532. The number of rotatable bonds is 3. The normalized spacial score (nSPS) is 25.0. The van der Waals surface area contributed by atoms with E-state index in [4.69, 9.17) is 0 Å². The van der Waals surface area contributed by atoms with Crippen LogP contribution in [0.1, 0.15) is 30.9 Å². The molecule has 1 amide bonds. The molecule has 0 radical (unpaired) electrons. The van der Waals surface area contributed by atoms with Crippen LogP contribution in [-0.2, 0) is 27.0 Å². The summed E-state index contributed by atoms with van der Waals surface area (Å²) < 4.78 is 103. The maximum absolute atomic E-state index is 13.3. The number of carbonyl (C=O) groups excluding carboxylic acids is 1. The molecule has 2 atom stereocenters. The van der Waals surface area contributed by atoms with Gasteiger partial charge in [0.25, 0.3) is 0 Å². The van der Waals surface area contributed by atoms with Crippen molar-refractivity contribution in [3.05, 3.63) is 29.3 Å². The van der Waals surface area contributed by atoms with Crippen LogP contribution in [0.2, 0.25) is 0 Å². The van der Waals surface area contributed by atoms with Gasteiger partial charge in [0, 0.05) is 17.4 Å². The van der Waals surface area contributed by atoms with Gasteiger partial charge in [-0.15, -0.1) is 0 Å². The smallest absolute Gasteiger partial charge is 0.316 e. The van der Waals surface area contributed by atoms with Crippen molar-refractivity contribution < 1.29 is 39.6 Å². The second-order valence-electron chi connectivity index (χ2n) is 6.97. The van der Waals surface area contributed by atoms with Gasteiger partial charge >= 0.3 is 12.4 Å². The molecule has 0 unspecified atom stereocenters. The summed E-state index contributed by atoms with van der Waals surface area (Å²) in [6.45, 7) is 1.71. The Labute approximate surface area is 172 Å². The Morgan fingerprint density at radius 3 is 2.17 bits per heavy atom. The van der Waals surface area contributed by atoms with E-state index in [1.807, 2.05) is 0 Å². The summed E-state index contributed by atoms with van der Waals surface area (Å²) >= 11 is 0.881. The number of halogens is 6. The molecule has 2 aliphatic rings. The van der Waals surface area contributed by atoms with Crippen LogP contribution in [0.25, 0.3) is 0 Å². The van der Waals surface area contributed by atoms with E-state index in [-0.39, 0.29) is 23.4 Å². The first-order chi connectivity index (χ1) is 13.7. The molecule has 0 aromatic heterocycles. The molecule has 0 spiro atoms. The predicted molar refractivity (Wildman–Crippen MR) is 100 cm³/mol. The average molecular weight is 474 g/mol. The molecule has 166 valence electrons. The lowest BCUT2D eigenvalue weighted by molar-refractivity contribution is -0.143. The highest BCUT2D eigenvalue weighted by Gasteiger charge is 2.50. The lowest BCUT2D eigenvalue weighted by Gasteiger charge is -2.26. The summed E-state index contributed by atoms with van der Waals surface area (Å²) in [5.41, 5.74) is -3.56. The van der Waals surface area contributed by atoms with E-state index >= 15 is 0 Å². The second-order valence-corrected chi connectivity index (χ2v) is 10.3. The number of benzene rings is 1. The highest BCUT2D eigenvalue weighted by atomic mass is 32.2. The quantitative estimate of drug-likeness (QED) is 0.617. The fraction of sp³-hybridized carbons (Fsp3) is 0.529. The highest BCUT2D eigenvalue weighted by Crippen LogP contribution is 2.44. The van der Waals surface area contributed by atoms with Crippen molar-refractivity contribution in [1.29, 1.82) is 0 Å². The molecule has 2 fully saturated rings. The molecule has 1 aromatic rings. The maximum atomic E-state index is 13.3. The fourth-order valence-corrected chi connectivity index (χ4v) is 7.25. The number of nitrogens with zero attached hydrogens (tertiary/aromatic N) is 2. The summed E-state index contributed by atoms with van der Waals surface area (Å²) in [6.07, 6.45) is -9.62. The topological polar surface area (TPSA) is 66.8 Å². The van der Waals surface area contributed by atoms with Gasteiger partial charge in [-0.1, -0.05) is 18.7 Å². The number of amidine groups is 1. The molecule has 30 heavy (non-hydrogen) atoms. The van der Waals surface area contributed by atoms with Gasteiger partial charge in [-0.05, 0) is 24.6 Å². The number of anilines is 1. The number of aliphatic imine (C=N–C) groups is 1. The van der Waals surface area contributed by atoms with E-state index in [0.717, 1.165) is 16.7 Å². The number of fused-ring (bicyclic) bond motifs is 1. The van der Waals surface area contributed by atoms with Crippen LogP contribution in [0.4, 0.5) is 32.0 Å². The monoisotopic (exact) mass is 474 g/mol. The molecule has 3 rings (SSSR count). The van der Waals surface area contributed by atoms with Crippen molar-refractivity contribution in [2.24, 2.45) is 4.99 Å². The van der Waals surface area contributed by atoms with Gasteiger partial charge in [0.2, 0.25) is 5.91 Å². The number of sulfone groups is 1. The number of hydrogen-bond acceptors (Lipinski definition) is 4. The van der Waals surface area contributed by atoms with Gasteiger partial charge in [0.05, 0.1) is 28.7 Å². The first-order valence-electron chi connectivity index (χ1n) is 8.78. The number of hydrogen-bond donors (Lipinski definition) is 0. The third-order valence-corrected chi connectivity index (χ3v) is 7.81. The molecule has 2 aliphatic heterocycles. The molecular formula is C17H16F6N2O3S2. The Kier molecular flexibility index (Phi) is 5.91. The maximum Gasteiger partial charge on any atom is 0.416 e. The largest absolute Gasteiger partial charge is 0.416 e. The minimum atomic E-state index is -5.06. The van der Waals surface area contributed by atoms with Gasteiger partial charge in [0.15, 0.2) is 15.0 Å². The van der Waals surface area contributed by atoms with Gasteiger partial charge in [-0.25, -0.2) is 8.42 Å². The summed E-state index contributed by atoms with van der Waals surface area (Å²) in [5.74, 6) is -1.34. The SMILES string of the molecule is CCCC(=O)N=C1S[C@@H]2CS(=O)(=O)C[C@@H]2N1c1cc(C(F)(F)F)cc(C(F)(F)F)c1. The molecule has 13 heteroatoms. The van der Waals surface area contributed by atoms with Crippen molar-refractivity contribution >= 4 is 38.4 Å². The molecular weight excluding hydrogens is 458 g/mol. The Morgan fingerprint density at radius 2 is 1.67 bits per heavy atom. The third-order valence-electron chi connectivity index (χ3n) is 4.60. The predicted octanol–water partition coefficient (Wildman–Crippen LogP) is 4.13. The molecule has 0 saturated carbocycles. The Balaban J connectivity index is 2.16. The van der Waals surface area contributed by atoms with Gasteiger partial charge in [-0.3, -0.25) is 4.79 Å². The fourth-order valence-electron chi connectivity index (χ4n) is 3.32. The number of carbonyl (C=O) groups is 1. The van der Waals surface area contributed by atoms with Crippen molar-refractivity contribution in [2.45, 2.75) is 43.4 Å². The molecule has 0 bridgehead atoms. The van der Waals surface area contributed by atoms with E-state index in [9.17, 15) is 39.6 Å². The Hall–Kier alpha value is -1.76. The van der Waals surface area contributed by atoms with E-state index < -0.39 is 62.0 Å². The lowest BCUT2D eigenvalue weighted by Crippen LogP contribution is -2.38. The summed E-state index contributed by atoms with van der Waals surface area (Å²) in [6, 6.07) is 0.110. The first-order valence-corrected chi connectivity index (χ1v) is 11.5. The molecule has 1 aromatic carbocycles. The Morgan fingerprint density at radius 1 is 1.10 bits per heavy atom. The molecule has 0 aliphatic carbocycles. The zero-order valence-corrected chi connectivity index (χ0v) is 17.1. The molecule has 2 heterocycles. The molecule has 2 saturated heterocycles. The average Bonchev–Trinajstić information content (AvgIpc) is 3.03. The zero-order valence-electron chi connectivity index (χ0n) is 15.4. The van der Waals surface area contributed by atoms with Crippen molar-refractivity contribution in [1.82, 2.24) is 0 Å². The van der Waals surface area contributed by atoms with Gasteiger partial charge < -0.3 is 4.90 Å². The minimum Gasteiger partial charge on any atom is -0.316 e. The van der Waals surface area contributed by atoms with Crippen LogP contribution in [0.3, 0.4) is 0 Å². The number of thioether (sulfide) groups is 1. The summed E-state index contributed by atoms with van der Waals surface area (Å²) in [4.78, 5) is 16.8. The number of amides is 1. The van der Waals surface area contributed by atoms with Crippen LogP contribution >= 0.6 is 11.8 Å². The molecule has 0 N–H and O–H groups in total. The van der Waals surface area contributed by atoms with Crippen molar-refractivity contribution in [3.63, 3.8) is 0 Å². The standard InChI is InChI=1S/C17H16F6N2O3S2/c1-2-3-14(26)24-15-25(12-7-30(27,28)8-13(12)29-15)11-5-9(16(18,19)20)4-10(6-11)17(21,22)23/h4-6,12-13H,2-3,7-8H2,1H3/t12-,13+/m0/s1. The molecule has 5 nitrogen and oxygen atoms in total. The third kappa shape index (κ3) is 4.76. The van der Waals surface area contributed by atoms with Crippen LogP contribution in [0, 0.1) is 0 Å². The summed E-state index contributed by atoms with van der Waals surface area (Å²) in [5, 5.41) is -0.738. The first kappa shape index (κ1) is 22.9. The van der Waals surface area contributed by atoms with E-state index in [0.29, 0.717) is 18.6 Å². The van der Waals surface area contributed by atoms with Crippen molar-refractivity contribution in [3.8, 4) is 0 Å². The van der Waals surface area contributed by atoms with Crippen LogP contribution in [0.15, 0.2) is 23.2 Å². The van der Waals surface area contributed by atoms with Gasteiger partial charge in [-0.2, -0.15) is 31.3 Å². The lowest BCUT2D eigenvalue weighted by atomic mass is 10.1. The summed E-state index contributed by atoms with van der Waals surface area (Å²) in [7, 11) is -3.53. The zero-order chi connectivity index (χ0) is 22.5. The van der Waals surface area contributed by atoms with Crippen LogP contribution in [-0.4, -0.2) is 42.3 Å². The second kappa shape index (κ2) is 7.74. The number of alkyl halides is 6. The highest BCUT2D eigenvalue weighted by molar-refractivity contribution is 8.16. The van der Waals surface area contributed by atoms with E-state index in [1.165, 1.54) is 0 Å².